The number of carbonyl (C=O) groups is 2. The highest BCUT2D eigenvalue weighted by atomic mass is 16.4. The maximum Gasteiger partial charge on any atom is 0.337 e. The van der Waals surface area contributed by atoms with Gasteiger partial charge in [0, 0.05) is 24.9 Å². The Labute approximate surface area is 93.1 Å². The Balaban J connectivity index is 2.30. The molecule has 0 aromatic carbocycles. The summed E-state index contributed by atoms with van der Waals surface area (Å²) in [6.45, 7) is 0.190. The second kappa shape index (κ2) is 4.00. The summed E-state index contributed by atoms with van der Waals surface area (Å²) in [7, 11) is 1.57. The molecule has 0 atom stereocenters. The summed E-state index contributed by atoms with van der Waals surface area (Å²) in [4.78, 5) is 22.3. The Morgan fingerprint density at radius 3 is 2.75 bits per heavy atom. The number of likely N-dealkylation sites (N-methyl/N-ethyl adjacent to an activating group) is 1. The third kappa shape index (κ3) is 1.93. The first-order chi connectivity index (χ1) is 7.63. The van der Waals surface area contributed by atoms with E-state index in [-0.39, 0.29) is 12.5 Å². The Bertz CT molecular complexity index is 432. The Kier molecular flexibility index (Phi) is 2.68. The van der Waals surface area contributed by atoms with Crippen LogP contribution in [0.5, 0.6) is 0 Å². The molecule has 0 bridgehead atoms. The fourth-order valence-corrected chi connectivity index (χ4v) is 1.85. The smallest absolute Gasteiger partial charge is 0.337 e. The van der Waals surface area contributed by atoms with Gasteiger partial charge in [-0.1, -0.05) is 0 Å². The van der Waals surface area contributed by atoms with Gasteiger partial charge < -0.3 is 15.0 Å². The van der Waals surface area contributed by atoms with E-state index in [1.807, 2.05) is 0 Å². The number of hydrogen-bond donors (Lipinski definition) is 2. The quantitative estimate of drug-likeness (QED) is 0.791. The molecule has 1 heterocycles. The molecule has 1 aliphatic carbocycles. The van der Waals surface area contributed by atoms with Crippen molar-refractivity contribution in [2.75, 3.05) is 7.05 Å². The van der Waals surface area contributed by atoms with Crippen molar-refractivity contribution in [3.63, 3.8) is 0 Å². The van der Waals surface area contributed by atoms with E-state index in [9.17, 15) is 9.59 Å². The van der Waals surface area contributed by atoms with Gasteiger partial charge in [-0.05, 0) is 18.9 Å². The highest BCUT2D eigenvalue weighted by Gasteiger charge is 2.31. The van der Waals surface area contributed by atoms with E-state index in [1.54, 1.807) is 23.9 Å². The van der Waals surface area contributed by atoms with Crippen LogP contribution in [-0.4, -0.2) is 28.6 Å². The fraction of sp³-hybridized carbons (Fsp3) is 0.455. The van der Waals surface area contributed by atoms with Crippen molar-refractivity contribution < 1.29 is 14.7 Å². The zero-order valence-corrected chi connectivity index (χ0v) is 9.06. The number of aromatic carboxylic acids is 1. The molecule has 0 radical (unpaired) electrons. The lowest BCUT2D eigenvalue weighted by molar-refractivity contribution is -0.121. The van der Waals surface area contributed by atoms with Crippen molar-refractivity contribution in [3.8, 4) is 0 Å². The highest BCUT2D eigenvalue weighted by molar-refractivity contribution is 5.89. The molecule has 0 unspecified atom stereocenters. The van der Waals surface area contributed by atoms with Crippen LogP contribution >= 0.6 is 0 Å². The lowest BCUT2D eigenvalue weighted by Crippen LogP contribution is -2.24. The molecule has 16 heavy (non-hydrogen) atoms. The van der Waals surface area contributed by atoms with Crippen molar-refractivity contribution in [1.82, 2.24) is 9.88 Å². The van der Waals surface area contributed by atoms with Crippen molar-refractivity contribution in [2.24, 2.45) is 0 Å². The van der Waals surface area contributed by atoms with Crippen LogP contribution in [-0.2, 0) is 11.3 Å². The lowest BCUT2D eigenvalue weighted by atomic mass is 10.2. The van der Waals surface area contributed by atoms with Gasteiger partial charge in [0.25, 0.3) is 0 Å². The molecular weight excluding hydrogens is 208 g/mol. The summed E-state index contributed by atoms with van der Waals surface area (Å²) in [6.07, 6.45) is 3.70. The van der Waals surface area contributed by atoms with Gasteiger partial charge >= 0.3 is 5.97 Å². The van der Waals surface area contributed by atoms with Crippen LogP contribution in [0.4, 0.5) is 0 Å². The first kappa shape index (κ1) is 10.7. The molecule has 5 nitrogen and oxygen atoms in total. The maximum atomic E-state index is 11.3. The van der Waals surface area contributed by atoms with Crippen LogP contribution < -0.4 is 5.32 Å². The van der Waals surface area contributed by atoms with E-state index >= 15 is 0 Å². The van der Waals surface area contributed by atoms with Crippen molar-refractivity contribution in [2.45, 2.75) is 25.3 Å². The molecule has 5 heteroatoms. The number of nitrogens with zero attached hydrogens (tertiary/aromatic N) is 1. The van der Waals surface area contributed by atoms with Gasteiger partial charge in [-0.2, -0.15) is 0 Å². The number of rotatable bonds is 4. The number of carboxylic acid groups (broad SMARTS) is 1. The van der Waals surface area contributed by atoms with Gasteiger partial charge in [-0.15, -0.1) is 0 Å². The number of carbonyl (C=O) groups excluding carboxylic acids is 1. The van der Waals surface area contributed by atoms with Crippen LogP contribution in [0.1, 0.15) is 34.8 Å². The van der Waals surface area contributed by atoms with Gasteiger partial charge in [0.05, 0.1) is 5.56 Å². The zero-order valence-electron chi connectivity index (χ0n) is 9.06. The zero-order chi connectivity index (χ0) is 11.7. The third-order valence-corrected chi connectivity index (χ3v) is 2.79. The average molecular weight is 222 g/mol. The van der Waals surface area contributed by atoms with Gasteiger partial charge in [-0.3, -0.25) is 4.79 Å². The number of aromatic nitrogens is 1. The van der Waals surface area contributed by atoms with E-state index in [0.717, 1.165) is 18.5 Å². The predicted molar refractivity (Wildman–Crippen MR) is 57.4 cm³/mol. The predicted octanol–water partition coefficient (Wildman–Crippen LogP) is 0.810. The molecule has 2 rings (SSSR count). The minimum absolute atomic E-state index is 0.116. The highest BCUT2D eigenvalue weighted by Crippen LogP contribution is 2.42. The van der Waals surface area contributed by atoms with E-state index in [1.165, 1.54) is 0 Å². The third-order valence-electron chi connectivity index (χ3n) is 2.79. The summed E-state index contributed by atoms with van der Waals surface area (Å²) in [5, 5.41) is 11.6. The first-order valence-corrected chi connectivity index (χ1v) is 5.26. The molecule has 86 valence electrons. The summed E-state index contributed by atoms with van der Waals surface area (Å²) in [6, 6.07) is 1.57. The van der Waals surface area contributed by atoms with E-state index in [4.69, 9.17) is 5.11 Å². The lowest BCUT2D eigenvalue weighted by Gasteiger charge is -2.08. The monoisotopic (exact) mass is 222 g/mol. The standard InChI is InChI=1S/C11H14N2O3/c1-12-9(14)6-13-5-4-8(11(15)16)10(13)7-2-3-7/h4-5,7H,2-3,6H2,1H3,(H,12,14)(H,15,16). The molecule has 1 fully saturated rings. The Morgan fingerprint density at radius 2 is 2.25 bits per heavy atom. The average Bonchev–Trinajstić information content (AvgIpc) is 3.00. The minimum atomic E-state index is -0.919. The summed E-state index contributed by atoms with van der Waals surface area (Å²) < 4.78 is 1.74. The van der Waals surface area contributed by atoms with Gasteiger partial charge in [-0.25, -0.2) is 4.79 Å². The molecule has 0 saturated heterocycles. The summed E-state index contributed by atoms with van der Waals surface area (Å²) >= 11 is 0. The van der Waals surface area contributed by atoms with Crippen LogP contribution in [0.25, 0.3) is 0 Å². The fourth-order valence-electron chi connectivity index (χ4n) is 1.85. The number of hydrogen-bond acceptors (Lipinski definition) is 2. The second-order valence-corrected chi connectivity index (χ2v) is 4.00. The Hall–Kier alpha value is -1.78. The minimum Gasteiger partial charge on any atom is -0.478 e. The second-order valence-electron chi connectivity index (χ2n) is 4.00. The van der Waals surface area contributed by atoms with E-state index in [2.05, 4.69) is 5.32 Å². The molecule has 1 aliphatic rings. The van der Waals surface area contributed by atoms with Gasteiger partial charge in [0.15, 0.2) is 0 Å². The summed E-state index contributed by atoms with van der Waals surface area (Å²) in [5.74, 6) is -0.724. The molecule has 0 aliphatic heterocycles. The van der Waals surface area contributed by atoms with E-state index < -0.39 is 5.97 Å². The van der Waals surface area contributed by atoms with Gasteiger partial charge in [0.1, 0.15) is 6.54 Å². The van der Waals surface area contributed by atoms with Crippen LogP contribution in [0.2, 0.25) is 0 Å². The van der Waals surface area contributed by atoms with Gasteiger partial charge in [0.2, 0.25) is 5.91 Å². The van der Waals surface area contributed by atoms with Crippen LogP contribution in [0.3, 0.4) is 0 Å². The number of carboxylic acids is 1. The summed E-state index contributed by atoms with van der Waals surface area (Å²) in [5.41, 5.74) is 1.11. The molecule has 1 saturated carbocycles. The number of amides is 1. The molecule has 1 aromatic rings. The van der Waals surface area contributed by atoms with Crippen molar-refractivity contribution >= 4 is 11.9 Å². The molecule has 2 N–H and O–H groups in total. The maximum absolute atomic E-state index is 11.3. The SMILES string of the molecule is CNC(=O)Cn1ccc(C(=O)O)c1C1CC1. The molecule has 1 aromatic heterocycles. The van der Waals surface area contributed by atoms with Crippen molar-refractivity contribution in [3.05, 3.63) is 23.5 Å². The van der Waals surface area contributed by atoms with Crippen molar-refractivity contribution in [1.29, 1.82) is 0 Å². The molecular formula is C11H14N2O3. The van der Waals surface area contributed by atoms with Crippen LogP contribution in [0, 0.1) is 0 Å². The molecule has 1 amide bonds. The molecule has 0 spiro atoms. The van der Waals surface area contributed by atoms with E-state index in [0.29, 0.717) is 11.5 Å². The topological polar surface area (TPSA) is 71.3 Å². The first-order valence-electron chi connectivity index (χ1n) is 5.26. The Morgan fingerprint density at radius 1 is 1.56 bits per heavy atom. The number of nitrogens with one attached hydrogen (secondary N) is 1. The largest absolute Gasteiger partial charge is 0.478 e. The van der Waals surface area contributed by atoms with Crippen LogP contribution in [0.15, 0.2) is 12.3 Å². The normalized spacial score (nSPS) is 14.8.